The molecule has 1 saturated heterocycles. The van der Waals surface area contributed by atoms with E-state index in [-0.39, 0.29) is 11.8 Å². The highest BCUT2D eigenvalue weighted by Crippen LogP contribution is 2.28. The van der Waals surface area contributed by atoms with Crippen LogP contribution in [0.3, 0.4) is 0 Å². The molecule has 1 heterocycles. The molecule has 0 aromatic rings. The fourth-order valence-corrected chi connectivity index (χ4v) is 3.63. The molecule has 1 amide bonds. The summed E-state index contributed by atoms with van der Waals surface area (Å²) < 4.78 is 0. The lowest BCUT2D eigenvalue weighted by Gasteiger charge is -2.27. The van der Waals surface area contributed by atoms with Crippen LogP contribution in [0, 0.1) is 17.8 Å². The first-order valence-corrected chi connectivity index (χ1v) is 8.32. The first kappa shape index (κ1) is 15.8. The van der Waals surface area contributed by atoms with E-state index in [0.29, 0.717) is 17.9 Å². The van der Waals surface area contributed by atoms with E-state index in [1.807, 2.05) is 0 Å². The van der Waals surface area contributed by atoms with Gasteiger partial charge >= 0.3 is 0 Å². The van der Waals surface area contributed by atoms with Crippen LogP contribution < -0.4 is 11.1 Å². The largest absolute Gasteiger partial charge is 0.356 e. The number of carbonyl (C=O) groups excluding carboxylic acids is 1. The zero-order chi connectivity index (χ0) is 14.5. The third-order valence-electron chi connectivity index (χ3n) is 5.10. The van der Waals surface area contributed by atoms with Crippen molar-refractivity contribution in [3.05, 3.63) is 0 Å². The Morgan fingerprint density at radius 2 is 2.10 bits per heavy atom. The molecule has 2 aliphatic rings. The average molecular weight is 281 g/mol. The Labute approximate surface area is 123 Å². The fourth-order valence-electron chi connectivity index (χ4n) is 3.63. The predicted octanol–water partition coefficient (Wildman–Crippen LogP) is 1.60. The molecule has 4 heteroatoms. The first-order valence-electron chi connectivity index (χ1n) is 8.32. The standard InChI is InChI=1S/C16H31N3O/c1-12(2)19-7-6-14(11-19)10-18-16(20)15-5-3-4-13(8-15)9-17/h12-15H,3-11,17H2,1-2H3,(H,18,20). The summed E-state index contributed by atoms with van der Waals surface area (Å²) >= 11 is 0. The van der Waals surface area contributed by atoms with Gasteiger partial charge < -0.3 is 16.0 Å². The van der Waals surface area contributed by atoms with Crippen molar-refractivity contribution in [1.82, 2.24) is 10.2 Å². The molecule has 3 atom stereocenters. The van der Waals surface area contributed by atoms with Gasteiger partial charge in [0.15, 0.2) is 0 Å². The monoisotopic (exact) mass is 281 g/mol. The zero-order valence-corrected chi connectivity index (χ0v) is 13.1. The molecule has 0 aromatic carbocycles. The lowest BCUT2D eigenvalue weighted by molar-refractivity contribution is -0.126. The van der Waals surface area contributed by atoms with Gasteiger partial charge in [-0.25, -0.2) is 0 Å². The Bertz CT molecular complexity index is 319. The molecule has 3 unspecified atom stereocenters. The Morgan fingerprint density at radius 1 is 1.30 bits per heavy atom. The van der Waals surface area contributed by atoms with Crippen LogP contribution in [0.2, 0.25) is 0 Å². The maximum absolute atomic E-state index is 12.3. The predicted molar refractivity (Wildman–Crippen MR) is 82.3 cm³/mol. The van der Waals surface area contributed by atoms with Crippen LogP contribution in [0.25, 0.3) is 0 Å². The van der Waals surface area contributed by atoms with Crippen LogP contribution in [0.5, 0.6) is 0 Å². The smallest absolute Gasteiger partial charge is 0.223 e. The second-order valence-electron chi connectivity index (χ2n) is 6.95. The Hall–Kier alpha value is -0.610. The van der Waals surface area contributed by atoms with E-state index in [2.05, 4.69) is 24.1 Å². The third kappa shape index (κ3) is 4.19. The number of nitrogens with zero attached hydrogens (tertiary/aromatic N) is 1. The van der Waals surface area contributed by atoms with E-state index in [0.717, 1.165) is 38.9 Å². The summed E-state index contributed by atoms with van der Waals surface area (Å²) in [4.78, 5) is 14.8. The molecule has 0 aromatic heterocycles. The molecular weight excluding hydrogens is 250 g/mol. The average Bonchev–Trinajstić information content (AvgIpc) is 2.94. The second kappa shape index (κ2) is 7.41. The highest BCUT2D eigenvalue weighted by Gasteiger charge is 2.28. The summed E-state index contributed by atoms with van der Waals surface area (Å²) in [6.45, 7) is 8.39. The number of hydrogen-bond donors (Lipinski definition) is 2. The molecule has 1 saturated carbocycles. The molecule has 4 nitrogen and oxygen atoms in total. The number of likely N-dealkylation sites (tertiary alicyclic amines) is 1. The molecule has 2 rings (SSSR count). The Balaban J connectivity index is 1.70. The molecule has 1 aliphatic carbocycles. The van der Waals surface area contributed by atoms with Crippen molar-refractivity contribution in [2.24, 2.45) is 23.5 Å². The fraction of sp³-hybridized carbons (Fsp3) is 0.938. The zero-order valence-electron chi connectivity index (χ0n) is 13.1. The van der Waals surface area contributed by atoms with Crippen LogP contribution in [0.15, 0.2) is 0 Å². The minimum atomic E-state index is 0.208. The lowest BCUT2D eigenvalue weighted by Crippen LogP contribution is -2.38. The summed E-state index contributed by atoms with van der Waals surface area (Å²) in [6, 6.07) is 0.624. The molecule has 1 aliphatic heterocycles. The molecule has 3 N–H and O–H groups in total. The summed E-state index contributed by atoms with van der Waals surface area (Å²) in [5.41, 5.74) is 5.75. The number of rotatable bonds is 5. The highest BCUT2D eigenvalue weighted by atomic mass is 16.1. The van der Waals surface area contributed by atoms with E-state index in [9.17, 15) is 4.79 Å². The maximum atomic E-state index is 12.3. The van der Waals surface area contributed by atoms with Crippen molar-refractivity contribution in [2.75, 3.05) is 26.2 Å². The minimum Gasteiger partial charge on any atom is -0.356 e. The van der Waals surface area contributed by atoms with Crippen molar-refractivity contribution in [2.45, 2.75) is 52.0 Å². The van der Waals surface area contributed by atoms with Gasteiger partial charge in [-0.05, 0) is 64.5 Å². The van der Waals surface area contributed by atoms with Crippen molar-refractivity contribution in [1.29, 1.82) is 0 Å². The van der Waals surface area contributed by atoms with Gasteiger partial charge in [-0.1, -0.05) is 6.42 Å². The molecule has 2 fully saturated rings. The van der Waals surface area contributed by atoms with E-state index < -0.39 is 0 Å². The summed E-state index contributed by atoms with van der Waals surface area (Å²) in [6.07, 6.45) is 5.61. The van der Waals surface area contributed by atoms with E-state index >= 15 is 0 Å². The minimum absolute atomic E-state index is 0.208. The number of nitrogens with two attached hydrogens (primary N) is 1. The van der Waals surface area contributed by atoms with Crippen molar-refractivity contribution in [3.8, 4) is 0 Å². The van der Waals surface area contributed by atoms with E-state index in [1.165, 1.54) is 19.4 Å². The topological polar surface area (TPSA) is 58.4 Å². The molecule has 20 heavy (non-hydrogen) atoms. The molecule has 0 spiro atoms. The number of hydrogen-bond acceptors (Lipinski definition) is 3. The molecular formula is C16H31N3O. The van der Waals surface area contributed by atoms with E-state index in [1.54, 1.807) is 0 Å². The quantitative estimate of drug-likeness (QED) is 0.805. The van der Waals surface area contributed by atoms with Crippen molar-refractivity contribution >= 4 is 5.91 Å². The second-order valence-corrected chi connectivity index (χ2v) is 6.95. The summed E-state index contributed by atoms with van der Waals surface area (Å²) in [5.74, 6) is 1.67. The van der Waals surface area contributed by atoms with Gasteiger partial charge in [0.25, 0.3) is 0 Å². The van der Waals surface area contributed by atoms with Gasteiger partial charge in [0.1, 0.15) is 0 Å². The highest BCUT2D eigenvalue weighted by molar-refractivity contribution is 5.78. The van der Waals surface area contributed by atoms with E-state index in [4.69, 9.17) is 5.73 Å². The maximum Gasteiger partial charge on any atom is 0.223 e. The van der Waals surface area contributed by atoms with Crippen LogP contribution in [0.4, 0.5) is 0 Å². The van der Waals surface area contributed by atoms with Gasteiger partial charge in [-0.15, -0.1) is 0 Å². The Morgan fingerprint density at radius 3 is 2.75 bits per heavy atom. The van der Waals surface area contributed by atoms with Gasteiger partial charge in [0.05, 0.1) is 0 Å². The molecule has 0 radical (unpaired) electrons. The normalized spacial score (nSPS) is 31.7. The number of nitrogens with one attached hydrogen (secondary N) is 1. The molecule has 0 bridgehead atoms. The van der Waals surface area contributed by atoms with Gasteiger partial charge in [-0.3, -0.25) is 4.79 Å². The number of carbonyl (C=O) groups is 1. The summed E-state index contributed by atoms with van der Waals surface area (Å²) in [7, 11) is 0. The number of amides is 1. The van der Waals surface area contributed by atoms with Gasteiger partial charge in [0.2, 0.25) is 5.91 Å². The van der Waals surface area contributed by atoms with Crippen LogP contribution in [-0.4, -0.2) is 43.0 Å². The Kier molecular flexibility index (Phi) is 5.85. The van der Waals surface area contributed by atoms with Crippen LogP contribution >= 0.6 is 0 Å². The van der Waals surface area contributed by atoms with Crippen LogP contribution in [0.1, 0.15) is 46.0 Å². The van der Waals surface area contributed by atoms with Gasteiger partial charge in [0, 0.05) is 25.0 Å². The third-order valence-corrected chi connectivity index (χ3v) is 5.10. The SMILES string of the molecule is CC(C)N1CCC(CNC(=O)C2CCCC(CN)C2)C1. The van der Waals surface area contributed by atoms with Crippen molar-refractivity contribution in [3.63, 3.8) is 0 Å². The summed E-state index contributed by atoms with van der Waals surface area (Å²) in [5, 5.41) is 3.19. The lowest BCUT2D eigenvalue weighted by atomic mass is 9.81. The molecule has 116 valence electrons. The van der Waals surface area contributed by atoms with Crippen LogP contribution in [-0.2, 0) is 4.79 Å². The van der Waals surface area contributed by atoms with Crippen molar-refractivity contribution < 1.29 is 4.79 Å². The van der Waals surface area contributed by atoms with Gasteiger partial charge in [-0.2, -0.15) is 0 Å². The first-order chi connectivity index (χ1) is 9.60.